The van der Waals surface area contributed by atoms with Crippen LogP contribution in [-0.2, 0) is 28.0 Å². The van der Waals surface area contributed by atoms with Crippen LogP contribution in [0.5, 0.6) is 5.75 Å². The number of furan rings is 1. The highest BCUT2D eigenvalue weighted by Gasteiger charge is 2.30. The van der Waals surface area contributed by atoms with Gasteiger partial charge in [0.15, 0.2) is 0 Å². The molecule has 1 fully saturated rings. The van der Waals surface area contributed by atoms with E-state index in [1.165, 1.54) is 0 Å². The summed E-state index contributed by atoms with van der Waals surface area (Å²) in [6.45, 7) is 0.760. The number of rotatable bonds is 7. The second-order valence-corrected chi connectivity index (χ2v) is 7.91. The van der Waals surface area contributed by atoms with Gasteiger partial charge < -0.3 is 13.5 Å². The fraction of sp³-hybridized carbons (Fsp3) is 0.389. The van der Waals surface area contributed by atoms with Gasteiger partial charge in [-0.05, 0) is 42.7 Å². The van der Waals surface area contributed by atoms with Gasteiger partial charge >= 0.3 is 10.1 Å². The van der Waals surface area contributed by atoms with Crippen molar-refractivity contribution in [2.24, 2.45) is 5.92 Å². The Hall–Kier alpha value is -2.28. The van der Waals surface area contributed by atoms with Crippen molar-refractivity contribution < 1.29 is 21.8 Å². The number of carbonyl (C=O) groups excluding carboxylic acids is 1. The lowest BCUT2D eigenvalue weighted by molar-refractivity contribution is -0.139. The lowest BCUT2D eigenvalue weighted by Gasteiger charge is -2.31. The summed E-state index contributed by atoms with van der Waals surface area (Å²) in [5.74, 6) is 1.15. The third-order valence-corrected chi connectivity index (χ3v) is 4.71. The first-order valence-electron chi connectivity index (χ1n) is 8.20. The molecule has 1 aromatic carbocycles. The summed E-state index contributed by atoms with van der Waals surface area (Å²) in [6, 6.07) is 10.4. The van der Waals surface area contributed by atoms with Crippen molar-refractivity contribution in [3.8, 4) is 5.75 Å². The molecule has 0 radical (unpaired) electrons. The minimum atomic E-state index is -3.58. The number of hydrogen-bond acceptors (Lipinski definition) is 5. The zero-order valence-corrected chi connectivity index (χ0v) is 14.9. The van der Waals surface area contributed by atoms with E-state index in [1.807, 2.05) is 12.1 Å². The second kappa shape index (κ2) is 7.31. The van der Waals surface area contributed by atoms with Gasteiger partial charge in [-0.15, -0.1) is 0 Å². The summed E-state index contributed by atoms with van der Waals surface area (Å²) in [4.78, 5) is 14.5. The van der Waals surface area contributed by atoms with E-state index in [9.17, 15) is 13.2 Å². The number of carbonyl (C=O) groups is 1. The van der Waals surface area contributed by atoms with Crippen LogP contribution in [0.25, 0.3) is 0 Å². The Morgan fingerprint density at radius 3 is 2.64 bits per heavy atom. The van der Waals surface area contributed by atoms with Gasteiger partial charge in [0.1, 0.15) is 11.5 Å². The van der Waals surface area contributed by atoms with Crippen LogP contribution in [0, 0.1) is 5.92 Å². The largest absolute Gasteiger partial charge is 0.467 e. The van der Waals surface area contributed by atoms with Crippen molar-refractivity contribution in [3.05, 3.63) is 54.0 Å². The molecule has 0 bridgehead atoms. The van der Waals surface area contributed by atoms with Crippen molar-refractivity contribution in [1.29, 1.82) is 0 Å². The molecule has 2 aromatic rings. The summed E-state index contributed by atoms with van der Waals surface area (Å²) < 4.78 is 32.9. The molecule has 134 valence electrons. The van der Waals surface area contributed by atoms with Gasteiger partial charge in [0.25, 0.3) is 0 Å². The molecule has 1 aliphatic carbocycles. The Balaban J connectivity index is 1.77. The van der Waals surface area contributed by atoms with E-state index in [0.717, 1.165) is 36.8 Å². The smallest absolute Gasteiger partial charge is 0.306 e. The molecule has 0 saturated heterocycles. The van der Waals surface area contributed by atoms with Gasteiger partial charge in [0.05, 0.1) is 19.1 Å². The normalized spacial score (nSPS) is 14.8. The van der Waals surface area contributed by atoms with Gasteiger partial charge in [-0.1, -0.05) is 18.6 Å². The minimum Gasteiger partial charge on any atom is -0.467 e. The fourth-order valence-electron chi connectivity index (χ4n) is 2.81. The summed E-state index contributed by atoms with van der Waals surface area (Å²) >= 11 is 0. The molecule has 1 saturated carbocycles. The number of nitrogens with zero attached hydrogens (tertiary/aromatic N) is 1. The van der Waals surface area contributed by atoms with E-state index in [0.29, 0.717) is 13.1 Å². The van der Waals surface area contributed by atoms with Crippen molar-refractivity contribution >= 4 is 16.0 Å². The lowest BCUT2D eigenvalue weighted by atomic mass is 9.84. The quantitative estimate of drug-likeness (QED) is 0.707. The number of hydrogen-bond donors (Lipinski definition) is 0. The van der Waals surface area contributed by atoms with E-state index < -0.39 is 10.1 Å². The van der Waals surface area contributed by atoms with Crippen LogP contribution in [0.1, 0.15) is 30.6 Å². The van der Waals surface area contributed by atoms with E-state index >= 15 is 0 Å². The molecule has 1 aliphatic rings. The minimum absolute atomic E-state index is 0.0745. The first-order chi connectivity index (χ1) is 11.9. The fourth-order valence-corrected chi connectivity index (χ4v) is 3.26. The molecule has 25 heavy (non-hydrogen) atoms. The third-order valence-electron chi connectivity index (χ3n) is 4.21. The first-order valence-corrected chi connectivity index (χ1v) is 10.0. The Kier molecular flexibility index (Phi) is 5.13. The molecule has 0 unspecified atom stereocenters. The third kappa shape index (κ3) is 4.85. The van der Waals surface area contributed by atoms with Crippen molar-refractivity contribution in [1.82, 2.24) is 4.90 Å². The first kappa shape index (κ1) is 17.5. The lowest BCUT2D eigenvalue weighted by Crippen LogP contribution is -2.38. The monoisotopic (exact) mass is 363 g/mol. The Morgan fingerprint density at radius 1 is 1.24 bits per heavy atom. The highest BCUT2D eigenvalue weighted by Crippen LogP contribution is 2.29. The standard InChI is InChI=1S/C18H21NO5S/c1-25(21,22)24-16-8-2-5-14(11-16)12-19(13-17-9-4-10-23-17)18(20)15-6-3-7-15/h2,4-5,8-11,15H,3,6-7,12-13H2,1H3. The molecule has 1 aromatic heterocycles. The van der Waals surface area contributed by atoms with Gasteiger partial charge in [0, 0.05) is 12.5 Å². The molecule has 1 amide bonds. The van der Waals surface area contributed by atoms with Crippen LogP contribution in [0.3, 0.4) is 0 Å². The second-order valence-electron chi connectivity index (χ2n) is 6.34. The van der Waals surface area contributed by atoms with E-state index in [1.54, 1.807) is 35.4 Å². The molecule has 3 rings (SSSR count). The maximum Gasteiger partial charge on any atom is 0.306 e. The number of benzene rings is 1. The van der Waals surface area contributed by atoms with E-state index in [2.05, 4.69) is 0 Å². The Labute approximate surface area is 147 Å². The van der Waals surface area contributed by atoms with Crippen LogP contribution in [0.2, 0.25) is 0 Å². The molecule has 0 N–H and O–H groups in total. The Morgan fingerprint density at radius 2 is 2.04 bits per heavy atom. The molecular formula is C18H21NO5S. The zero-order valence-electron chi connectivity index (χ0n) is 14.1. The van der Waals surface area contributed by atoms with Crippen molar-refractivity contribution in [2.75, 3.05) is 6.26 Å². The van der Waals surface area contributed by atoms with Gasteiger partial charge in [-0.3, -0.25) is 4.79 Å². The topological polar surface area (TPSA) is 76.8 Å². The molecule has 1 heterocycles. The summed E-state index contributed by atoms with van der Waals surface area (Å²) in [7, 11) is -3.58. The van der Waals surface area contributed by atoms with Crippen LogP contribution in [-0.4, -0.2) is 25.5 Å². The molecule has 0 spiro atoms. The molecule has 0 atom stereocenters. The summed E-state index contributed by atoms with van der Waals surface area (Å²) in [6.07, 6.45) is 5.52. The molecular weight excluding hydrogens is 342 g/mol. The van der Waals surface area contributed by atoms with Crippen LogP contribution >= 0.6 is 0 Å². The number of amides is 1. The van der Waals surface area contributed by atoms with Crippen LogP contribution in [0.15, 0.2) is 47.1 Å². The molecule has 7 heteroatoms. The van der Waals surface area contributed by atoms with Crippen LogP contribution < -0.4 is 4.18 Å². The van der Waals surface area contributed by atoms with Gasteiger partial charge in [0.2, 0.25) is 5.91 Å². The summed E-state index contributed by atoms with van der Waals surface area (Å²) in [5, 5.41) is 0. The average molecular weight is 363 g/mol. The Bertz CT molecular complexity index is 825. The highest BCUT2D eigenvalue weighted by atomic mass is 32.2. The van der Waals surface area contributed by atoms with Gasteiger partial charge in [-0.2, -0.15) is 8.42 Å². The molecule has 6 nitrogen and oxygen atoms in total. The van der Waals surface area contributed by atoms with Gasteiger partial charge in [-0.25, -0.2) is 0 Å². The van der Waals surface area contributed by atoms with E-state index in [4.69, 9.17) is 8.60 Å². The van der Waals surface area contributed by atoms with E-state index in [-0.39, 0.29) is 17.6 Å². The van der Waals surface area contributed by atoms with Crippen molar-refractivity contribution in [3.63, 3.8) is 0 Å². The molecule has 0 aliphatic heterocycles. The highest BCUT2D eigenvalue weighted by molar-refractivity contribution is 7.86. The summed E-state index contributed by atoms with van der Waals surface area (Å²) in [5.41, 5.74) is 0.806. The predicted molar refractivity (Wildman–Crippen MR) is 92.2 cm³/mol. The SMILES string of the molecule is CS(=O)(=O)Oc1cccc(CN(Cc2ccco2)C(=O)C2CCC2)c1. The predicted octanol–water partition coefficient (Wildman–Crippen LogP) is 2.95. The maximum absolute atomic E-state index is 12.7. The van der Waals surface area contributed by atoms with Crippen molar-refractivity contribution in [2.45, 2.75) is 32.4 Å². The van der Waals surface area contributed by atoms with Crippen LogP contribution in [0.4, 0.5) is 0 Å². The zero-order chi connectivity index (χ0) is 17.9. The average Bonchev–Trinajstić information content (AvgIpc) is 2.96. The maximum atomic E-state index is 12.7.